The summed E-state index contributed by atoms with van der Waals surface area (Å²) in [5, 5.41) is 14.6. The smallest absolute Gasteiger partial charge is 0.282 e. The summed E-state index contributed by atoms with van der Waals surface area (Å²) >= 11 is 0. The fourth-order valence-corrected chi connectivity index (χ4v) is 2.21. The van der Waals surface area contributed by atoms with Gasteiger partial charge in [0.25, 0.3) is 11.8 Å². The number of nitrogens with zero attached hydrogens (tertiary/aromatic N) is 2. The van der Waals surface area contributed by atoms with E-state index in [0.29, 0.717) is 16.7 Å². The van der Waals surface area contributed by atoms with Crippen molar-refractivity contribution in [2.45, 2.75) is 0 Å². The summed E-state index contributed by atoms with van der Waals surface area (Å²) in [5.41, 5.74) is 0.981. The van der Waals surface area contributed by atoms with Gasteiger partial charge in [-0.1, -0.05) is 18.2 Å². The second-order valence-electron chi connectivity index (χ2n) is 4.61. The molecule has 2 aromatic carbocycles. The predicted molar refractivity (Wildman–Crippen MR) is 79.2 cm³/mol. The van der Waals surface area contributed by atoms with E-state index in [9.17, 15) is 14.7 Å². The number of para-hydroxylation sites is 1. The lowest BCUT2D eigenvalue weighted by Crippen LogP contribution is -2.24. The minimum atomic E-state index is -0.487. The molecule has 0 unspecified atom stereocenters. The summed E-state index contributed by atoms with van der Waals surface area (Å²) in [6.07, 6.45) is 1.25. The molecule has 0 bridgehead atoms. The van der Waals surface area contributed by atoms with E-state index in [1.165, 1.54) is 13.3 Å². The Morgan fingerprint density at radius 3 is 2.27 bits per heavy atom. The van der Waals surface area contributed by atoms with E-state index in [-0.39, 0.29) is 11.5 Å². The number of fused-ring (bicyclic) bond motifs is 1. The number of rotatable bonds is 3. The van der Waals surface area contributed by atoms with Crippen LogP contribution < -0.4 is 4.74 Å². The highest BCUT2D eigenvalue weighted by Crippen LogP contribution is 2.28. The lowest BCUT2D eigenvalue weighted by molar-refractivity contribution is 0.0660. The first-order chi connectivity index (χ1) is 10.6. The van der Waals surface area contributed by atoms with Crippen molar-refractivity contribution in [3.05, 3.63) is 59.2 Å². The van der Waals surface area contributed by atoms with Crippen molar-refractivity contribution in [2.75, 3.05) is 7.11 Å². The van der Waals surface area contributed by atoms with Crippen LogP contribution in [-0.4, -0.2) is 35.3 Å². The summed E-state index contributed by atoms with van der Waals surface area (Å²) in [7, 11) is 1.43. The van der Waals surface area contributed by atoms with Crippen LogP contribution >= 0.6 is 0 Å². The Bertz CT molecular complexity index is 763. The molecule has 6 heteroatoms. The number of phenols is 1. The third-order valence-electron chi connectivity index (χ3n) is 3.34. The zero-order chi connectivity index (χ0) is 15.7. The average Bonchev–Trinajstić information content (AvgIpc) is 2.79. The quantitative estimate of drug-likeness (QED) is 0.694. The van der Waals surface area contributed by atoms with Gasteiger partial charge in [0.05, 0.1) is 24.5 Å². The number of aromatic hydroxyl groups is 1. The molecular weight excluding hydrogens is 284 g/mol. The van der Waals surface area contributed by atoms with Crippen LogP contribution in [0, 0.1) is 0 Å². The second kappa shape index (κ2) is 5.33. The molecular formula is C16H12N2O4. The normalized spacial score (nSPS) is 13.8. The van der Waals surface area contributed by atoms with Gasteiger partial charge in [-0.3, -0.25) is 9.59 Å². The maximum absolute atomic E-state index is 12.1. The molecule has 0 spiro atoms. The second-order valence-corrected chi connectivity index (χ2v) is 4.61. The highest BCUT2D eigenvalue weighted by atomic mass is 16.5. The number of ether oxygens (including phenoxy) is 1. The van der Waals surface area contributed by atoms with Crippen molar-refractivity contribution in [3.63, 3.8) is 0 Å². The molecule has 3 rings (SSSR count). The van der Waals surface area contributed by atoms with Crippen LogP contribution in [0.1, 0.15) is 26.3 Å². The van der Waals surface area contributed by atoms with Crippen LogP contribution in [0.2, 0.25) is 0 Å². The highest BCUT2D eigenvalue weighted by molar-refractivity contribution is 6.21. The molecule has 0 radical (unpaired) electrons. The number of hydrogen-bond acceptors (Lipinski definition) is 5. The molecule has 0 fully saturated rings. The number of hydrogen-bond donors (Lipinski definition) is 1. The zero-order valence-corrected chi connectivity index (χ0v) is 11.7. The van der Waals surface area contributed by atoms with Crippen molar-refractivity contribution in [2.24, 2.45) is 5.10 Å². The largest absolute Gasteiger partial charge is 0.504 e. The Morgan fingerprint density at radius 2 is 1.68 bits per heavy atom. The first-order valence-corrected chi connectivity index (χ1v) is 6.51. The highest BCUT2D eigenvalue weighted by Gasteiger charge is 2.35. The molecule has 2 amide bonds. The molecule has 0 saturated carbocycles. The SMILES string of the molecule is COc1cccc(/C=N/N2C(=O)c3ccccc3C2=O)c1O. The standard InChI is InChI=1S/C16H12N2O4/c1-22-13-8-4-5-10(14(13)19)9-17-18-15(20)11-6-2-3-7-12(11)16(18)21/h2-9,19H,1H3/b17-9+. The van der Waals surface area contributed by atoms with Gasteiger partial charge in [0.15, 0.2) is 11.5 Å². The number of carbonyl (C=O) groups excluding carboxylic acids is 2. The Morgan fingerprint density at radius 1 is 1.05 bits per heavy atom. The molecule has 0 atom stereocenters. The van der Waals surface area contributed by atoms with Crippen molar-refractivity contribution < 1.29 is 19.4 Å². The fourth-order valence-electron chi connectivity index (χ4n) is 2.21. The molecule has 6 nitrogen and oxygen atoms in total. The molecule has 1 N–H and O–H groups in total. The molecule has 1 aliphatic heterocycles. The Labute approximate surface area is 126 Å². The number of benzene rings is 2. The van der Waals surface area contributed by atoms with E-state index < -0.39 is 11.8 Å². The van der Waals surface area contributed by atoms with E-state index in [1.807, 2.05) is 0 Å². The summed E-state index contributed by atoms with van der Waals surface area (Å²) in [4.78, 5) is 24.3. The molecule has 1 aliphatic rings. The van der Waals surface area contributed by atoms with E-state index >= 15 is 0 Å². The van der Waals surface area contributed by atoms with Crippen LogP contribution in [0.5, 0.6) is 11.5 Å². The molecule has 1 heterocycles. The number of phenolic OH excluding ortho intramolecular Hbond substituents is 1. The van der Waals surface area contributed by atoms with Gasteiger partial charge in [-0.2, -0.15) is 10.1 Å². The van der Waals surface area contributed by atoms with Crippen LogP contribution in [0.4, 0.5) is 0 Å². The Kier molecular flexibility index (Phi) is 3.34. The van der Waals surface area contributed by atoms with Gasteiger partial charge in [0.2, 0.25) is 0 Å². The monoisotopic (exact) mass is 296 g/mol. The van der Waals surface area contributed by atoms with Crippen LogP contribution in [-0.2, 0) is 0 Å². The molecule has 0 aromatic heterocycles. The summed E-state index contributed by atoms with van der Waals surface area (Å²) < 4.78 is 4.99. The van der Waals surface area contributed by atoms with Gasteiger partial charge in [-0.25, -0.2) is 0 Å². The first-order valence-electron chi connectivity index (χ1n) is 6.51. The topological polar surface area (TPSA) is 79.2 Å². The number of imide groups is 1. The van der Waals surface area contributed by atoms with Crippen molar-refractivity contribution in [1.82, 2.24) is 5.01 Å². The Balaban J connectivity index is 1.92. The van der Waals surface area contributed by atoms with Gasteiger partial charge < -0.3 is 9.84 Å². The van der Waals surface area contributed by atoms with Crippen molar-refractivity contribution in [1.29, 1.82) is 0 Å². The summed E-state index contributed by atoms with van der Waals surface area (Å²) in [5.74, 6) is -0.796. The molecule has 0 aliphatic carbocycles. The van der Waals surface area contributed by atoms with E-state index in [1.54, 1.807) is 42.5 Å². The summed E-state index contributed by atoms with van der Waals surface area (Å²) in [6.45, 7) is 0. The molecule has 22 heavy (non-hydrogen) atoms. The van der Waals surface area contributed by atoms with Crippen molar-refractivity contribution in [3.8, 4) is 11.5 Å². The maximum atomic E-state index is 12.1. The Hall–Kier alpha value is -3.15. The third kappa shape index (κ3) is 2.10. The minimum absolute atomic E-state index is 0.106. The number of carbonyl (C=O) groups is 2. The van der Waals surface area contributed by atoms with Crippen LogP contribution in [0.25, 0.3) is 0 Å². The van der Waals surface area contributed by atoms with Crippen LogP contribution in [0.3, 0.4) is 0 Å². The first kappa shape index (κ1) is 13.8. The third-order valence-corrected chi connectivity index (χ3v) is 3.34. The van der Waals surface area contributed by atoms with E-state index in [4.69, 9.17) is 4.74 Å². The minimum Gasteiger partial charge on any atom is -0.504 e. The van der Waals surface area contributed by atoms with Gasteiger partial charge in [-0.15, -0.1) is 0 Å². The predicted octanol–water partition coefficient (Wildman–Crippen LogP) is 2.03. The van der Waals surface area contributed by atoms with E-state index in [0.717, 1.165) is 5.01 Å². The number of methoxy groups -OCH3 is 1. The zero-order valence-electron chi connectivity index (χ0n) is 11.7. The number of hydrazone groups is 1. The fraction of sp³-hybridized carbons (Fsp3) is 0.0625. The molecule has 110 valence electrons. The van der Waals surface area contributed by atoms with Gasteiger partial charge in [0.1, 0.15) is 0 Å². The van der Waals surface area contributed by atoms with Crippen molar-refractivity contribution >= 4 is 18.0 Å². The summed E-state index contributed by atoms with van der Waals surface area (Å²) in [6, 6.07) is 11.4. The van der Waals surface area contributed by atoms with Gasteiger partial charge >= 0.3 is 0 Å². The molecule has 2 aromatic rings. The average molecular weight is 296 g/mol. The van der Waals surface area contributed by atoms with E-state index in [2.05, 4.69) is 5.10 Å². The number of amides is 2. The lowest BCUT2D eigenvalue weighted by Gasteiger charge is -2.07. The van der Waals surface area contributed by atoms with Gasteiger partial charge in [0, 0.05) is 5.56 Å². The molecule has 0 saturated heterocycles. The maximum Gasteiger partial charge on any atom is 0.282 e. The lowest BCUT2D eigenvalue weighted by atomic mass is 10.1. The van der Waals surface area contributed by atoms with Crippen LogP contribution in [0.15, 0.2) is 47.6 Å². The van der Waals surface area contributed by atoms with Gasteiger partial charge in [-0.05, 0) is 24.3 Å².